The first-order valence-corrected chi connectivity index (χ1v) is 10.7. The van der Waals surface area contributed by atoms with Crippen molar-refractivity contribution in [2.45, 2.75) is 17.7 Å². The maximum Gasteiger partial charge on any atom is 0.307 e. The molecule has 1 amide bonds. The van der Waals surface area contributed by atoms with Gasteiger partial charge in [-0.2, -0.15) is 4.31 Å². The SMILES string of the molecule is CN1CCN(S(=O)(=O)c2ccc(NC(=O)[C@H]3CC=CC[C@@H]3C(=O)O)cc2)CC1. The molecule has 1 fully saturated rings. The first-order chi connectivity index (χ1) is 13.3. The summed E-state index contributed by atoms with van der Waals surface area (Å²) < 4.78 is 26.9. The van der Waals surface area contributed by atoms with Gasteiger partial charge in [0.1, 0.15) is 0 Å². The molecule has 3 rings (SSSR count). The van der Waals surface area contributed by atoms with Crippen LogP contribution in [0.15, 0.2) is 41.3 Å². The van der Waals surface area contributed by atoms with Gasteiger partial charge in [0.25, 0.3) is 0 Å². The second kappa shape index (κ2) is 8.42. The zero-order valence-electron chi connectivity index (χ0n) is 15.7. The van der Waals surface area contributed by atoms with Gasteiger partial charge in [0.2, 0.25) is 15.9 Å². The molecule has 0 unspecified atom stereocenters. The number of aliphatic carboxylic acids is 1. The Kier molecular flexibility index (Phi) is 6.17. The number of allylic oxidation sites excluding steroid dienone is 2. The molecule has 1 aromatic rings. The lowest BCUT2D eigenvalue weighted by atomic mass is 9.82. The molecule has 1 heterocycles. The van der Waals surface area contributed by atoms with E-state index in [1.54, 1.807) is 6.08 Å². The summed E-state index contributed by atoms with van der Waals surface area (Å²) >= 11 is 0. The van der Waals surface area contributed by atoms with Crippen molar-refractivity contribution in [1.29, 1.82) is 0 Å². The molecule has 1 saturated heterocycles. The summed E-state index contributed by atoms with van der Waals surface area (Å²) in [6.45, 7) is 2.27. The van der Waals surface area contributed by atoms with Crippen molar-refractivity contribution in [3.05, 3.63) is 36.4 Å². The third kappa shape index (κ3) is 4.43. The van der Waals surface area contributed by atoms with Crippen molar-refractivity contribution < 1.29 is 23.1 Å². The van der Waals surface area contributed by atoms with Crippen LogP contribution in [0.2, 0.25) is 0 Å². The average Bonchev–Trinajstić information content (AvgIpc) is 2.68. The fourth-order valence-corrected chi connectivity index (χ4v) is 4.92. The van der Waals surface area contributed by atoms with E-state index in [4.69, 9.17) is 0 Å². The number of carbonyl (C=O) groups is 2. The largest absolute Gasteiger partial charge is 0.481 e. The van der Waals surface area contributed by atoms with Crippen molar-refractivity contribution in [3.63, 3.8) is 0 Å². The van der Waals surface area contributed by atoms with E-state index in [1.165, 1.54) is 28.6 Å². The van der Waals surface area contributed by atoms with Crippen molar-refractivity contribution >= 4 is 27.6 Å². The topological polar surface area (TPSA) is 107 Å². The molecule has 0 spiro atoms. The monoisotopic (exact) mass is 407 g/mol. The number of hydrogen-bond acceptors (Lipinski definition) is 5. The highest BCUT2D eigenvalue weighted by Crippen LogP contribution is 2.27. The van der Waals surface area contributed by atoms with Gasteiger partial charge in [0.05, 0.1) is 16.7 Å². The number of nitrogens with zero attached hydrogens (tertiary/aromatic N) is 2. The number of carboxylic acid groups (broad SMARTS) is 1. The van der Waals surface area contributed by atoms with E-state index in [2.05, 4.69) is 10.2 Å². The van der Waals surface area contributed by atoms with Crippen LogP contribution in [0.1, 0.15) is 12.8 Å². The number of carbonyl (C=O) groups excluding carboxylic acids is 1. The van der Waals surface area contributed by atoms with Crippen LogP contribution in [0.25, 0.3) is 0 Å². The van der Waals surface area contributed by atoms with Crippen LogP contribution in [-0.4, -0.2) is 67.8 Å². The van der Waals surface area contributed by atoms with Gasteiger partial charge in [0, 0.05) is 31.9 Å². The highest BCUT2D eigenvalue weighted by Gasteiger charge is 2.34. The molecular formula is C19H25N3O5S. The van der Waals surface area contributed by atoms with E-state index in [9.17, 15) is 23.1 Å². The van der Waals surface area contributed by atoms with Crippen LogP contribution in [0.3, 0.4) is 0 Å². The molecule has 2 aliphatic rings. The van der Waals surface area contributed by atoms with Gasteiger partial charge in [-0.15, -0.1) is 0 Å². The summed E-state index contributed by atoms with van der Waals surface area (Å²) in [5, 5.41) is 12.0. The Morgan fingerprint density at radius 2 is 1.57 bits per heavy atom. The second-order valence-electron chi connectivity index (χ2n) is 7.22. The van der Waals surface area contributed by atoms with E-state index < -0.39 is 27.8 Å². The minimum absolute atomic E-state index is 0.180. The van der Waals surface area contributed by atoms with E-state index in [-0.39, 0.29) is 10.8 Å². The van der Waals surface area contributed by atoms with Crippen molar-refractivity contribution in [2.75, 3.05) is 38.5 Å². The molecule has 2 atom stereocenters. The molecule has 2 N–H and O–H groups in total. The van der Waals surface area contributed by atoms with E-state index in [0.29, 0.717) is 44.7 Å². The van der Waals surface area contributed by atoms with Crippen LogP contribution in [0, 0.1) is 11.8 Å². The van der Waals surface area contributed by atoms with Crippen molar-refractivity contribution in [2.24, 2.45) is 11.8 Å². The zero-order valence-corrected chi connectivity index (χ0v) is 16.6. The van der Waals surface area contributed by atoms with Gasteiger partial charge in [0.15, 0.2) is 0 Å². The summed E-state index contributed by atoms with van der Waals surface area (Å²) in [5.74, 6) is -2.75. The summed E-state index contributed by atoms with van der Waals surface area (Å²) in [4.78, 5) is 26.1. The lowest BCUT2D eigenvalue weighted by Crippen LogP contribution is -2.46. The fourth-order valence-electron chi connectivity index (χ4n) is 3.50. The molecule has 9 heteroatoms. The number of anilines is 1. The number of benzene rings is 1. The molecule has 8 nitrogen and oxygen atoms in total. The van der Waals surface area contributed by atoms with Crippen molar-refractivity contribution in [1.82, 2.24) is 9.21 Å². The van der Waals surface area contributed by atoms with Gasteiger partial charge in [-0.1, -0.05) is 12.2 Å². The summed E-state index contributed by atoms with van der Waals surface area (Å²) in [5.41, 5.74) is 0.445. The lowest BCUT2D eigenvalue weighted by Gasteiger charge is -2.31. The van der Waals surface area contributed by atoms with E-state index in [1.807, 2.05) is 13.1 Å². The van der Waals surface area contributed by atoms with Crippen LogP contribution in [0.5, 0.6) is 0 Å². The third-order valence-electron chi connectivity index (χ3n) is 5.31. The Morgan fingerprint density at radius 3 is 2.14 bits per heavy atom. The predicted molar refractivity (Wildman–Crippen MR) is 104 cm³/mol. The molecule has 0 aromatic heterocycles. The second-order valence-corrected chi connectivity index (χ2v) is 9.15. The third-order valence-corrected chi connectivity index (χ3v) is 7.22. The quantitative estimate of drug-likeness (QED) is 0.711. The number of rotatable bonds is 5. The normalized spacial score (nSPS) is 24.0. The number of carboxylic acids is 1. The summed E-state index contributed by atoms with van der Waals surface area (Å²) in [6.07, 6.45) is 4.30. The van der Waals surface area contributed by atoms with Gasteiger partial charge >= 0.3 is 5.97 Å². The van der Waals surface area contributed by atoms with E-state index >= 15 is 0 Å². The smallest absolute Gasteiger partial charge is 0.307 e. The van der Waals surface area contributed by atoms with E-state index in [0.717, 1.165) is 0 Å². The van der Waals surface area contributed by atoms with Gasteiger partial charge in [-0.25, -0.2) is 8.42 Å². The summed E-state index contributed by atoms with van der Waals surface area (Å²) in [6, 6.07) is 6.02. The Bertz CT molecular complexity index is 858. The number of amides is 1. The molecule has 28 heavy (non-hydrogen) atoms. The molecule has 0 radical (unpaired) electrons. The molecule has 1 aliphatic heterocycles. The van der Waals surface area contributed by atoms with Gasteiger partial charge in [-0.05, 0) is 44.2 Å². The van der Waals surface area contributed by atoms with Crippen molar-refractivity contribution in [3.8, 4) is 0 Å². The first kappa shape index (κ1) is 20.5. The lowest BCUT2D eigenvalue weighted by molar-refractivity contribution is -0.146. The number of likely N-dealkylation sites (N-methyl/N-ethyl adjacent to an activating group) is 1. The van der Waals surface area contributed by atoms with Crippen LogP contribution < -0.4 is 5.32 Å². The number of nitrogens with one attached hydrogen (secondary N) is 1. The minimum atomic E-state index is -3.56. The minimum Gasteiger partial charge on any atom is -0.481 e. The highest BCUT2D eigenvalue weighted by atomic mass is 32.2. The molecule has 152 valence electrons. The molecule has 1 aromatic carbocycles. The van der Waals surface area contributed by atoms with Crippen LogP contribution in [0.4, 0.5) is 5.69 Å². The first-order valence-electron chi connectivity index (χ1n) is 9.26. The number of piperazine rings is 1. The van der Waals surface area contributed by atoms with Gasteiger partial charge < -0.3 is 15.3 Å². The zero-order chi connectivity index (χ0) is 20.3. The standard InChI is InChI=1S/C19H25N3O5S/c1-21-10-12-22(13-11-21)28(26,27)15-8-6-14(7-9-15)20-18(23)16-4-2-3-5-17(16)19(24)25/h2-3,6-9,16-17H,4-5,10-13H2,1H3,(H,20,23)(H,24,25)/t16-,17-/m0/s1. The fraction of sp³-hybridized carbons (Fsp3) is 0.474. The maximum atomic E-state index is 12.7. The molecular weight excluding hydrogens is 382 g/mol. The average molecular weight is 407 g/mol. The molecule has 0 bridgehead atoms. The Balaban J connectivity index is 1.68. The van der Waals surface area contributed by atoms with Gasteiger partial charge in [-0.3, -0.25) is 9.59 Å². The Hall–Kier alpha value is -2.23. The summed E-state index contributed by atoms with van der Waals surface area (Å²) in [7, 11) is -1.61. The predicted octanol–water partition coefficient (Wildman–Crippen LogP) is 1.23. The molecule has 1 aliphatic carbocycles. The molecule has 0 saturated carbocycles. The number of hydrogen-bond donors (Lipinski definition) is 2. The Morgan fingerprint density at radius 1 is 1.00 bits per heavy atom. The Labute approximate surface area is 164 Å². The highest BCUT2D eigenvalue weighted by molar-refractivity contribution is 7.89. The van der Waals surface area contributed by atoms with Crippen LogP contribution >= 0.6 is 0 Å². The maximum absolute atomic E-state index is 12.7. The van der Waals surface area contributed by atoms with Crippen LogP contribution in [-0.2, 0) is 19.6 Å². The number of sulfonamides is 1.